The van der Waals surface area contributed by atoms with Gasteiger partial charge in [0.1, 0.15) is 87.4 Å². The molecule has 0 radical (unpaired) electrons. The Kier molecular flexibility index (Phi) is 24.2. The molecule has 3 aliphatic carbocycles. The molecule has 16 aromatic rings. The van der Waals surface area contributed by atoms with E-state index < -0.39 is 34.7 Å². The monoisotopic (exact) mass is 1700 g/mol. The second-order valence-corrected chi connectivity index (χ2v) is 31.9. The predicted octanol–water partition coefficient (Wildman–Crippen LogP) is 24.8. The highest BCUT2D eigenvalue weighted by molar-refractivity contribution is 6.06. The molecule has 1 aliphatic heterocycles. The van der Waals surface area contributed by atoms with Crippen LogP contribution in [0.4, 0.5) is 0 Å². The average Bonchev–Trinajstić information content (AvgIpc) is 1.66. The van der Waals surface area contributed by atoms with Crippen LogP contribution in [0, 0.1) is 0 Å². The zero-order valence-electron chi connectivity index (χ0n) is 71.8. The second-order valence-electron chi connectivity index (χ2n) is 31.9. The third-order valence-corrected chi connectivity index (χ3v) is 24.9. The first-order chi connectivity index (χ1) is 63.9. The summed E-state index contributed by atoms with van der Waals surface area (Å²) < 4.78 is 51.5. The summed E-state index contributed by atoms with van der Waals surface area (Å²) in [5, 5.41) is 8.47. The van der Waals surface area contributed by atoms with Gasteiger partial charge in [-0.15, -0.1) is 13.2 Å². The molecule has 0 unspecified atom stereocenters. The average molecular weight is 1710 g/mol. The SMILES string of the molecule is C=CC(=O)OCCOc1ccc(C2(c3ccc(OCCOC(=O)C=C)cc3)c3ccccc3-c3cccc4cccc2c34)cc1.C=CC(=O)OCCOc1cccc2c3c(ccc12)C1(c2ccccc2-c2ccccc21)c1ccc2c(OCCOC(=O)C=C)cccc2c1O3.C=CCc1ccc(C2(c3ccc(CC=C)cc3)c3ccccc3-c3cc4ccccc4cc32)cc1. The van der Waals surface area contributed by atoms with Crippen molar-refractivity contribution in [1.82, 2.24) is 0 Å². The van der Waals surface area contributed by atoms with Crippen molar-refractivity contribution < 1.29 is 61.8 Å². The quantitative estimate of drug-likeness (QED) is 0.0151. The number of rotatable bonds is 28. The fraction of sp³-hybridized carbons (Fsp3) is 0.111. The highest BCUT2D eigenvalue weighted by Crippen LogP contribution is 2.65. The van der Waals surface area contributed by atoms with E-state index in [1.807, 2.05) is 60.7 Å². The van der Waals surface area contributed by atoms with Crippen LogP contribution in [0.3, 0.4) is 0 Å². The molecule has 13 nitrogen and oxygen atoms in total. The molecule has 130 heavy (non-hydrogen) atoms. The summed E-state index contributed by atoms with van der Waals surface area (Å²) >= 11 is 0. The van der Waals surface area contributed by atoms with Gasteiger partial charge in [0, 0.05) is 57.0 Å². The van der Waals surface area contributed by atoms with Gasteiger partial charge in [-0.05, 0) is 183 Å². The molecule has 0 N–H and O–H groups in total. The number of fused-ring (bicyclic) bond motifs is 19. The Morgan fingerprint density at radius 3 is 1.02 bits per heavy atom. The van der Waals surface area contributed by atoms with Crippen molar-refractivity contribution in [3.05, 3.63) is 481 Å². The molecule has 1 heterocycles. The Labute approximate surface area is 755 Å². The summed E-state index contributed by atoms with van der Waals surface area (Å²) in [6.45, 7) is 22.9. The van der Waals surface area contributed by atoms with Gasteiger partial charge in [-0.1, -0.05) is 318 Å². The van der Waals surface area contributed by atoms with Crippen molar-refractivity contribution in [2.45, 2.75) is 29.1 Å². The number of ether oxygens (including phenoxy) is 9. The van der Waals surface area contributed by atoms with Crippen LogP contribution < -0.4 is 23.7 Å². The third kappa shape index (κ3) is 15.4. The van der Waals surface area contributed by atoms with Crippen LogP contribution in [0.2, 0.25) is 0 Å². The van der Waals surface area contributed by atoms with Crippen molar-refractivity contribution in [2.24, 2.45) is 0 Å². The molecule has 0 saturated carbocycles. The fourth-order valence-electron chi connectivity index (χ4n) is 19.5. The second kappa shape index (κ2) is 37.2. The minimum atomic E-state index is -0.677. The van der Waals surface area contributed by atoms with Gasteiger partial charge in [0.05, 0.1) is 16.2 Å². The van der Waals surface area contributed by atoms with E-state index in [1.165, 1.54) is 111 Å². The van der Waals surface area contributed by atoms with Gasteiger partial charge in [0.15, 0.2) is 0 Å². The Bertz CT molecular complexity index is 6820. The molecular formula is C117H92O13. The molecule has 20 rings (SSSR count). The number of hydrogen-bond donors (Lipinski definition) is 0. The highest BCUT2D eigenvalue weighted by Gasteiger charge is 2.53. The fourth-order valence-corrected chi connectivity index (χ4v) is 19.5. The lowest BCUT2D eigenvalue weighted by atomic mass is 9.59. The summed E-state index contributed by atoms with van der Waals surface area (Å²) in [7, 11) is 0. The molecule has 16 aromatic carbocycles. The standard InChI is InChI=1S/C43H32O7.C39H32O6.C35H28/c1-3-39(44)48-25-23-46-37-17-9-13-31-29(37)19-21-35-41(31)50-42-32-14-10-18-38(47-24-26-49-40(45)4-2)30(32)20-22-36(42)43(35)33-15-7-5-11-27(33)28-12-6-8-16-34(28)43;1-3-36(40)44-25-23-42-30-19-15-28(16-20-30)39(29-17-21-31(22-18-29)43-24-26-45-37(41)4-2)34-13-6-5-11-32(34)33-12-7-9-27-10-8-14-35(39)38(27)33;1-3-9-25-15-19-29(20-16-25)35(30-21-17-26(10-4-2)18-22-30)33-14-8-7-13-31(33)32-23-27-11-5-6-12-28(27)24-34(32)35/h3-22H,1-2,23-26H2;3-22H,1-2,23-26H2;3-8,11-24H,1-2,9-10H2. The van der Waals surface area contributed by atoms with E-state index in [1.54, 1.807) is 0 Å². The minimum Gasteiger partial charge on any atom is -0.490 e. The van der Waals surface area contributed by atoms with Crippen molar-refractivity contribution >= 4 is 67.0 Å². The van der Waals surface area contributed by atoms with E-state index in [0.717, 1.165) is 92.4 Å². The van der Waals surface area contributed by atoms with E-state index >= 15 is 0 Å². The Hall–Kier alpha value is -16.1. The summed E-state index contributed by atoms with van der Waals surface area (Å²) in [6, 6.07) is 116. The van der Waals surface area contributed by atoms with Crippen molar-refractivity contribution in [3.8, 4) is 67.9 Å². The highest BCUT2D eigenvalue weighted by atomic mass is 16.6. The topological polar surface area (TPSA) is 151 Å². The number of esters is 4. The number of carbonyl (C=O) groups is 4. The molecule has 0 bridgehead atoms. The first-order valence-corrected chi connectivity index (χ1v) is 43.4. The van der Waals surface area contributed by atoms with Gasteiger partial charge >= 0.3 is 23.9 Å². The van der Waals surface area contributed by atoms with Gasteiger partial charge < -0.3 is 42.6 Å². The number of allylic oxidation sites excluding steroid dienone is 2. The first-order valence-electron chi connectivity index (χ1n) is 43.4. The molecule has 0 amide bonds. The van der Waals surface area contributed by atoms with E-state index in [-0.39, 0.29) is 58.3 Å². The van der Waals surface area contributed by atoms with E-state index in [4.69, 9.17) is 42.6 Å². The maximum absolute atomic E-state index is 11.6. The largest absolute Gasteiger partial charge is 0.490 e. The summed E-state index contributed by atoms with van der Waals surface area (Å²) in [6.07, 6.45) is 10.2. The molecular weight excluding hydrogens is 1610 g/mol. The van der Waals surface area contributed by atoms with Crippen LogP contribution in [-0.4, -0.2) is 76.7 Å². The van der Waals surface area contributed by atoms with Crippen molar-refractivity contribution in [2.75, 3.05) is 52.9 Å². The summed E-state index contributed by atoms with van der Waals surface area (Å²) in [5.41, 5.74) is 22.5. The number of hydrogen-bond acceptors (Lipinski definition) is 13. The van der Waals surface area contributed by atoms with E-state index in [9.17, 15) is 19.2 Å². The van der Waals surface area contributed by atoms with Crippen molar-refractivity contribution in [1.29, 1.82) is 0 Å². The molecule has 0 atom stereocenters. The number of carbonyl (C=O) groups excluding carboxylic acids is 4. The number of benzene rings is 16. The van der Waals surface area contributed by atoms with Gasteiger partial charge in [-0.25, -0.2) is 19.2 Å². The maximum atomic E-state index is 11.6. The van der Waals surface area contributed by atoms with Crippen molar-refractivity contribution in [3.63, 3.8) is 0 Å². The van der Waals surface area contributed by atoms with Crippen LogP contribution in [0.1, 0.15) is 77.9 Å². The third-order valence-electron chi connectivity index (χ3n) is 24.9. The van der Waals surface area contributed by atoms with Gasteiger partial charge in [0.25, 0.3) is 0 Å². The molecule has 638 valence electrons. The Morgan fingerprint density at radius 1 is 0.262 bits per heavy atom. The molecule has 4 aliphatic rings. The Balaban J connectivity index is 0.000000133. The summed E-state index contributed by atoms with van der Waals surface area (Å²) in [4.78, 5) is 45.9. The Morgan fingerprint density at radius 2 is 0.592 bits per heavy atom. The molecule has 0 aromatic heterocycles. The summed E-state index contributed by atoms with van der Waals surface area (Å²) in [5.74, 6) is 2.18. The minimum absolute atomic E-state index is 0.0970. The van der Waals surface area contributed by atoms with Crippen LogP contribution in [-0.2, 0) is 67.2 Å². The molecule has 13 heteroatoms. The van der Waals surface area contributed by atoms with Crippen LogP contribution in [0.5, 0.6) is 34.5 Å². The van der Waals surface area contributed by atoms with Gasteiger partial charge in [-0.3, -0.25) is 0 Å². The zero-order valence-corrected chi connectivity index (χ0v) is 71.8. The lowest BCUT2D eigenvalue weighted by Crippen LogP contribution is -2.33. The predicted molar refractivity (Wildman–Crippen MR) is 516 cm³/mol. The van der Waals surface area contributed by atoms with Crippen LogP contribution >= 0.6 is 0 Å². The maximum Gasteiger partial charge on any atom is 0.330 e. The van der Waals surface area contributed by atoms with Crippen LogP contribution in [0.15, 0.2) is 404 Å². The zero-order chi connectivity index (χ0) is 89.3. The van der Waals surface area contributed by atoms with E-state index in [0.29, 0.717) is 23.0 Å². The lowest BCUT2D eigenvalue weighted by molar-refractivity contribution is -0.139. The van der Waals surface area contributed by atoms with Gasteiger partial charge in [0.2, 0.25) is 0 Å². The van der Waals surface area contributed by atoms with E-state index in [2.05, 4.69) is 319 Å². The van der Waals surface area contributed by atoms with Crippen LogP contribution in [0.25, 0.3) is 76.5 Å². The smallest absolute Gasteiger partial charge is 0.330 e. The molecule has 0 fully saturated rings. The lowest BCUT2D eigenvalue weighted by Gasteiger charge is -2.42. The first kappa shape index (κ1) is 84.7. The van der Waals surface area contributed by atoms with Gasteiger partial charge in [-0.2, -0.15) is 0 Å². The molecule has 1 spiro atoms. The normalized spacial score (nSPS) is 12.9. The molecule has 0 saturated heterocycles.